The number of hydrogen-bond donors (Lipinski definition) is 1. The third-order valence-electron chi connectivity index (χ3n) is 6.67. The molecule has 40 heavy (non-hydrogen) atoms. The van der Waals surface area contributed by atoms with Gasteiger partial charge in [0.15, 0.2) is 11.5 Å². The lowest BCUT2D eigenvalue weighted by molar-refractivity contribution is -0.141. The van der Waals surface area contributed by atoms with E-state index in [0.29, 0.717) is 49.1 Å². The topological polar surface area (TPSA) is 114 Å². The van der Waals surface area contributed by atoms with Crippen molar-refractivity contribution in [3.05, 3.63) is 48.0 Å². The Balaban J connectivity index is 1.76. The van der Waals surface area contributed by atoms with E-state index < -0.39 is 16.1 Å². The number of benzene rings is 2. The van der Waals surface area contributed by atoms with Gasteiger partial charge in [0.1, 0.15) is 25.0 Å². The molecule has 0 bridgehead atoms. The number of amides is 2. The molecule has 1 atom stereocenters. The molecule has 220 valence electrons. The van der Waals surface area contributed by atoms with Gasteiger partial charge in [-0.15, -0.1) is 0 Å². The van der Waals surface area contributed by atoms with Gasteiger partial charge in [0, 0.05) is 32.1 Å². The van der Waals surface area contributed by atoms with E-state index >= 15 is 0 Å². The molecule has 0 aliphatic carbocycles. The van der Waals surface area contributed by atoms with Crippen LogP contribution in [0.5, 0.6) is 17.2 Å². The van der Waals surface area contributed by atoms with E-state index in [0.717, 1.165) is 24.7 Å². The fourth-order valence-electron chi connectivity index (χ4n) is 4.58. The van der Waals surface area contributed by atoms with Gasteiger partial charge in [-0.25, -0.2) is 8.42 Å². The van der Waals surface area contributed by atoms with E-state index in [4.69, 9.17) is 14.2 Å². The van der Waals surface area contributed by atoms with E-state index in [1.165, 1.54) is 4.31 Å². The highest BCUT2D eigenvalue weighted by molar-refractivity contribution is 7.92. The summed E-state index contributed by atoms with van der Waals surface area (Å²) in [5.41, 5.74) is 1.27. The summed E-state index contributed by atoms with van der Waals surface area (Å²) in [5.74, 6) is 1.29. The highest BCUT2D eigenvalue weighted by Gasteiger charge is 2.29. The Morgan fingerprint density at radius 3 is 2.48 bits per heavy atom. The quantitative estimate of drug-likeness (QED) is 0.322. The summed E-state index contributed by atoms with van der Waals surface area (Å²) in [6.45, 7) is 5.62. The monoisotopic (exact) mass is 575 g/mol. The van der Waals surface area contributed by atoms with Crippen LogP contribution in [0, 0.1) is 0 Å². The number of ether oxygens (including phenoxy) is 3. The largest absolute Gasteiger partial charge is 0.497 e. The van der Waals surface area contributed by atoms with Crippen molar-refractivity contribution in [2.24, 2.45) is 0 Å². The Kier molecular flexibility index (Phi) is 11.5. The minimum Gasteiger partial charge on any atom is -0.497 e. The summed E-state index contributed by atoms with van der Waals surface area (Å²) in [6.07, 6.45) is 3.72. The highest BCUT2D eigenvalue weighted by atomic mass is 32.2. The van der Waals surface area contributed by atoms with Crippen molar-refractivity contribution in [2.75, 3.05) is 44.0 Å². The molecule has 2 aromatic carbocycles. The van der Waals surface area contributed by atoms with Gasteiger partial charge in [-0.3, -0.25) is 13.9 Å². The van der Waals surface area contributed by atoms with Crippen LogP contribution in [-0.4, -0.2) is 70.8 Å². The Labute approximate surface area is 237 Å². The number of unbranched alkanes of at least 4 members (excludes halogenated alkanes) is 1. The summed E-state index contributed by atoms with van der Waals surface area (Å²) in [4.78, 5) is 28.3. The van der Waals surface area contributed by atoms with Gasteiger partial charge >= 0.3 is 0 Å². The smallest absolute Gasteiger partial charge is 0.242 e. The van der Waals surface area contributed by atoms with Gasteiger partial charge in [0.2, 0.25) is 21.8 Å². The Morgan fingerprint density at radius 1 is 1.05 bits per heavy atom. The average Bonchev–Trinajstić information content (AvgIpc) is 2.94. The Hall–Kier alpha value is -3.47. The Bertz CT molecular complexity index is 1250. The number of anilines is 1. The van der Waals surface area contributed by atoms with Crippen LogP contribution in [0.1, 0.15) is 51.5 Å². The zero-order chi connectivity index (χ0) is 29.1. The van der Waals surface area contributed by atoms with Gasteiger partial charge in [0.25, 0.3) is 0 Å². The molecule has 0 saturated heterocycles. The van der Waals surface area contributed by atoms with Gasteiger partial charge < -0.3 is 24.4 Å². The second-order valence-corrected chi connectivity index (χ2v) is 11.6. The SMILES string of the molecule is CCCCNC(=O)[C@@H](CC)N(Cc1cccc(OC)c1)C(=O)CCCN(c1ccc2c(c1)OCCO2)S(C)(=O)=O. The molecule has 0 fully saturated rings. The van der Waals surface area contributed by atoms with Crippen molar-refractivity contribution in [3.8, 4) is 17.2 Å². The number of methoxy groups -OCH3 is 1. The number of hydrogen-bond acceptors (Lipinski definition) is 7. The van der Waals surface area contributed by atoms with Crippen molar-refractivity contribution < 1.29 is 32.2 Å². The van der Waals surface area contributed by atoms with E-state index in [1.807, 2.05) is 38.1 Å². The first-order chi connectivity index (χ1) is 19.2. The molecule has 0 unspecified atom stereocenters. The van der Waals surface area contributed by atoms with Crippen LogP contribution in [0.15, 0.2) is 42.5 Å². The summed E-state index contributed by atoms with van der Waals surface area (Å²) < 4.78 is 43.1. The first-order valence-corrected chi connectivity index (χ1v) is 15.6. The maximum absolute atomic E-state index is 13.6. The summed E-state index contributed by atoms with van der Waals surface area (Å²) >= 11 is 0. The molecule has 1 N–H and O–H groups in total. The molecule has 0 spiro atoms. The van der Waals surface area contributed by atoms with Crippen molar-refractivity contribution in [3.63, 3.8) is 0 Å². The predicted octanol–water partition coefficient (Wildman–Crippen LogP) is 3.74. The molecule has 0 radical (unpaired) electrons. The number of nitrogens with one attached hydrogen (secondary N) is 1. The number of fused-ring (bicyclic) bond motifs is 1. The third kappa shape index (κ3) is 8.51. The van der Waals surface area contributed by atoms with Crippen LogP contribution < -0.4 is 23.8 Å². The average molecular weight is 576 g/mol. The van der Waals surface area contributed by atoms with Crippen LogP contribution in [0.2, 0.25) is 0 Å². The summed E-state index contributed by atoms with van der Waals surface area (Å²) in [5, 5.41) is 2.95. The number of nitrogens with zero attached hydrogens (tertiary/aromatic N) is 2. The van der Waals surface area contributed by atoms with Crippen LogP contribution >= 0.6 is 0 Å². The lowest BCUT2D eigenvalue weighted by Gasteiger charge is -2.31. The van der Waals surface area contributed by atoms with Crippen molar-refractivity contribution >= 4 is 27.5 Å². The zero-order valence-corrected chi connectivity index (χ0v) is 24.7. The van der Waals surface area contributed by atoms with Crippen LogP contribution in [-0.2, 0) is 26.2 Å². The van der Waals surface area contributed by atoms with Crippen molar-refractivity contribution in [2.45, 2.75) is 58.5 Å². The van der Waals surface area contributed by atoms with Gasteiger partial charge in [0.05, 0.1) is 19.1 Å². The maximum atomic E-state index is 13.6. The van der Waals surface area contributed by atoms with E-state index in [2.05, 4.69) is 5.32 Å². The minimum atomic E-state index is -3.63. The summed E-state index contributed by atoms with van der Waals surface area (Å²) in [7, 11) is -2.06. The number of sulfonamides is 1. The lowest BCUT2D eigenvalue weighted by Crippen LogP contribution is -2.49. The van der Waals surface area contributed by atoms with Crippen molar-refractivity contribution in [1.82, 2.24) is 10.2 Å². The predicted molar refractivity (Wildman–Crippen MR) is 154 cm³/mol. The van der Waals surface area contributed by atoms with E-state index in [9.17, 15) is 18.0 Å². The third-order valence-corrected chi connectivity index (χ3v) is 7.86. The molecule has 0 saturated carbocycles. The fourth-order valence-corrected chi connectivity index (χ4v) is 5.54. The molecule has 3 rings (SSSR count). The number of carbonyl (C=O) groups excluding carboxylic acids is 2. The highest BCUT2D eigenvalue weighted by Crippen LogP contribution is 2.34. The van der Waals surface area contributed by atoms with Crippen molar-refractivity contribution in [1.29, 1.82) is 0 Å². The van der Waals surface area contributed by atoms with Crippen LogP contribution in [0.4, 0.5) is 5.69 Å². The molecule has 10 nitrogen and oxygen atoms in total. The standard InChI is InChI=1S/C29H41N3O7S/c1-5-7-15-30-29(34)25(6-2)31(21-22-10-8-11-24(19-22)37-3)28(33)12-9-16-32(40(4,35)36)23-13-14-26-27(20-23)39-18-17-38-26/h8,10-11,13-14,19-20,25H,5-7,9,12,15-18,21H2,1-4H3,(H,30,34)/t25-/m1/s1. The number of rotatable bonds is 15. The molecule has 1 aliphatic heterocycles. The first kappa shape index (κ1) is 31.1. The second kappa shape index (κ2) is 14.8. The molecule has 1 aliphatic rings. The van der Waals surface area contributed by atoms with Gasteiger partial charge in [-0.05, 0) is 49.1 Å². The van der Waals surface area contributed by atoms with Gasteiger partial charge in [-0.2, -0.15) is 0 Å². The fraction of sp³-hybridized carbons (Fsp3) is 0.517. The molecule has 11 heteroatoms. The number of carbonyl (C=O) groups is 2. The van der Waals surface area contributed by atoms with E-state index in [1.54, 1.807) is 30.2 Å². The lowest BCUT2D eigenvalue weighted by atomic mass is 10.1. The molecular formula is C29H41N3O7S. The second-order valence-electron chi connectivity index (χ2n) is 9.71. The van der Waals surface area contributed by atoms with E-state index in [-0.39, 0.29) is 37.7 Å². The normalized spacial score (nSPS) is 13.3. The van der Waals surface area contributed by atoms with Gasteiger partial charge in [-0.1, -0.05) is 32.4 Å². The molecule has 2 amide bonds. The van der Waals surface area contributed by atoms with Crippen LogP contribution in [0.3, 0.4) is 0 Å². The molecule has 0 aromatic heterocycles. The minimum absolute atomic E-state index is 0.0687. The Morgan fingerprint density at radius 2 is 1.80 bits per heavy atom. The first-order valence-electron chi connectivity index (χ1n) is 13.7. The summed E-state index contributed by atoms with van der Waals surface area (Å²) in [6, 6.07) is 11.7. The maximum Gasteiger partial charge on any atom is 0.242 e. The zero-order valence-electron chi connectivity index (χ0n) is 23.9. The molecular weight excluding hydrogens is 534 g/mol. The van der Waals surface area contributed by atoms with Crippen LogP contribution in [0.25, 0.3) is 0 Å². The molecule has 2 aromatic rings. The molecule has 1 heterocycles.